The molecule has 0 heterocycles. The maximum absolute atomic E-state index is 14.0. The first kappa shape index (κ1) is 30.5. The first-order chi connectivity index (χ1) is 18.4. The lowest BCUT2D eigenvalue weighted by Crippen LogP contribution is -2.53. The molecule has 0 aliphatic rings. The summed E-state index contributed by atoms with van der Waals surface area (Å²) in [5.74, 6) is -0.846. The second kappa shape index (κ2) is 13.3. The molecule has 0 radical (unpaired) electrons. The number of halogens is 2. The van der Waals surface area contributed by atoms with Crippen LogP contribution in [0.25, 0.3) is 0 Å². The Morgan fingerprint density at radius 3 is 2.13 bits per heavy atom. The van der Waals surface area contributed by atoms with Crippen molar-refractivity contribution in [2.75, 3.05) is 10.8 Å². The molecule has 0 unspecified atom stereocenters. The fourth-order valence-corrected chi connectivity index (χ4v) is 5.95. The molecule has 7 nitrogen and oxygen atoms in total. The van der Waals surface area contributed by atoms with E-state index >= 15 is 0 Å². The Balaban J connectivity index is 2.09. The number of hydrogen-bond donors (Lipinski definition) is 1. The van der Waals surface area contributed by atoms with E-state index in [-0.39, 0.29) is 29.1 Å². The molecular formula is C29H33Cl2N3O4S. The van der Waals surface area contributed by atoms with Crippen molar-refractivity contribution in [1.82, 2.24) is 10.2 Å². The van der Waals surface area contributed by atoms with Gasteiger partial charge in [0.05, 0.1) is 10.6 Å². The van der Waals surface area contributed by atoms with Crippen molar-refractivity contribution in [2.24, 2.45) is 0 Å². The van der Waals surface area contributed by atoms with Gasteiger partial charge in [-0.25, -0.2) is 8.42 Å². The summed E-state index contributed by atoms with van der Waals surface area (Å²) in [6.45, 7) is 6.80. The molecule has 39 heavy (non-hydrogen) atoms. The molecule has 2 amide bonds. The highest BCUT2D eigenvalue weighted by molar-refractivity contribution is 7.92. The Kier molecular flexibility index (Phi) is 10.4. The highest BCUT2D eigenvalue weighted by Gasteiger charge is 2.34. The Hall–Kier alpha value is -3.07. The fourth-order valence-electron chi connectivity index (χ4n) is 4.17. The lowest BCUT2D eigenvalue weighted by Gasteiger charge is -2.34. The second-order valence-corrected chi connectivity index (χ2v) is 12.2. The van der Waals surface area contributed by atoms with Gasteiger partial charge in [0.1, 0.15) is 12.6 Å². The van der Waals surface area contributed by atoms with Gasteiger partial charge in [-0.1, -0.05) is 66.5 Å². The van der Waals surface area contributed by atoms with Gasteiger partial charge in [0.15, 0.2) is 0 Å². The molecule has 3 aromatic rings. The van der Waals surface area contributed by atoms with Crippen LogP contribution in [0.4, 0.5) is 5.69 Å². The van der Waals surface area contributed by atoms with Crippen LogP contribution in [0, 0.1) is 6.92 Å². The number of nitrogens with zero attached hydrogens (tertiary/aromatic N) is 2. The normalized spacial score (nSPS) is 12.2. The fraction of sp³-hybridized carbons (Fsp3) is 0.310. The second-order valence-electron chi connectivity index (χ2n) is 9.49. The van der Waals surface area contributed by atoms with Crippen LogP contribution in [-0.2, 0) is 26.2 Å². The summed E-state index contributed by atoms with van der Waals surface area (Å²) in [6, 6.07) is 18.8. The van der Waals surface area contributed by atoms with E-state index in [2.05, 4.69) is 5.32 Å². The zero-order valence-corrected chi connectivity index (χ0v) is 24.7. The Bertz CT molecular complexity index is 1400. The van der Waals surface area contributed by atoms with Gasteiger partial charge in [0.25, 0.3) is 10.0 Å². The van der Waals surface area contributed by atoms with Crippen LogP contribution < -0.4 is 9.62 Å². The van der Waals surface area contributed by atoms with Crippen molar-refractivity contribution in [3.05, 3.63) is 94.0 Å². The quantitative estimate of drug-likeness (QED) is 0.305. The van der Waals surface area contributed by atoms with Gasteiger partial charge in [-0.15, -0.1) is 0 Å². The van der Waals surface area contributed by atoms with Crippen LogP contribution in [0.3, 0.4) is 0 Å². The molecule has 0 aromatic heterocycles. The highest BCUT2D eigenvalue weighted by Crippen LogP contribution is 2.30. The number of rotatable bonds is 11. The number of hydrogen-bond acceptors (Lipinski definition) is 4. The molecule has 0 saturated carbocycles. The van der Waals surface area contributed by atoms with E-state index in [0.717, 1.165) is 9.87 Å². The molecular weight excluding hydrogens is 557 g/mol. The number of anilines is 1. The third-order valence-electron chi connectivity index (χ3n) is 6.13. The molecule has 0 aliphatic carbocycles. The molecule has 0 bridgehead atoms. The molecule has 208 valence electrons. The molecule has 3 aromatic carbocycles. The molecule has 0 fully saturated rings. The lowest BCUT2D eigenvalue weighted by atomic mass is 10.1. The summed E-state index contributed by atoms with van der Waals surface area (Å²) in [5, 5.41) is 3.75. The predicted octanol–water partition coefficient (Wildman–Crippen LogP) is 5.83. The maximum Gasteiger partial charge on any atom is 0.264 e. The first-order valence-electron chi connectivity index (χ1n) is 12.6. The van der Waals surface area contributed by atoms with Crippen molar-refractivity contribution in [2.45, 2.75) is 57.6 Å². The lowest BCUT2D eigenvalue weighted by molar-refractivity contribution is -0.140. The average Bonchev–Trinajstić information content (AvgIpc) is 2.89. The summed E-state index contributed by atoms with van der Waals surface area (Å²) in [7, 11) is -4.16. The highest BCUT2D eigenvalue weighted by atomic mass is 35.5. The van der Waals surface area contributed by atoms with Crippen LogP contribution in [0.2, 0.25) is 10.0 Å². The standard InChI is InChI=1S/C29H33Cl2N3O4S/c1-5-26(29(36)32-20(2)3)33(18-22-12-15-23(30)16-13-22)28(35)19-34(27-17-24(31)14-11-21(27)4)39(37,38)25-9-7-6-8-10-25/h6-17,20,26H,5,18-19H2,1-4H3,(H,32,36)/t26-/m1/s1. The van der Waals surface area contributed by atoms with Gasteiger partial charge in [-0.2, -0.15) is 0 Å². The van der Waals surface area contributed by atoms with Gasteiger partial charge < -0.3 is 10.2 Å². The van der Waals surface area contributed by atoms with Crippen LogP contribution >= 0.6 is 23.2 Å². The minimum Gasteiger partial charge on any atom is -0.352 e. The van der Waals surface area contributed by atoms with E-state index in [9.17, 15) is 18.0 Å². The zero-order valence-electron chi connectivity index (χ0n) is 22.4. The summed E-state index contributed by atoms with van der Waals surface area (Å²) in [4.78, 5) is 28.7. The molecule has 1 atom stereocenters. The molecule has 0 saturated heterocycles. The topological polar surface area (TPSA) is 86.8 Å². The number of sulfonamides is 1. The van der Waals surface area contributed by atoms with E-state index in [1.165, 1.54) is 23.1 Å². The maximum atomic E-state index is 14.0. The Morgan fingerprint density at radius 2 is 1.54 bits per heavy atom. The Morgan fingerprint density at radius 1 is 0.923 bits per heavy atom. The monoisotopic (exact) mass is 589 g/mol. The van der Waals surface area contributed by atoms with Crippen LogP contribution in [-0.4, -0.2) is 43.8 Å². The van der Waals surface area contributed by atoms with Crippen molar-refractivity contribution in [1.29, 1.82) is 0 Å². The Labute approximate surface area is 240 Å². The zero-order chi connectivity index (χ0) is 28.7. The molecule has 0 aliphatic heterocycles. The largest absolute Gasteiger partial charge is 0.352 e. The molecule has 10 heteroatoms. The summed E-state index contributed by atoms with van der Waals surface area (Å²) in [6.07, 6.45) is 0.333. The molecule has 0 spiro atoms. The summed E-state index contributed by atoms with van der Waals surface area (Å²) >= 11 is 12.3. The number of amides is 2. The number of carbonyl (C=O) groups excluding carboxylic acids is 2. The molecule has 1 N–H and O–H groups in total. The van der Waals surface area contributed by atoms with Crippen LogP contribution in [0.1, 0.15) is 38.3 Å². The smallest absolute Gasteiger partial charge is 0.264 e. The van der Waals surface area contributed by atoms with Crippen molar-refractivity contribution >= 4 is 50.7 Å². The van der Waals surface area contributed by atoms with Gasteiger partial charge >= 0.3 is 0 Å². The summed E-state index contributed by atoms with van der Waals surface area (Å²) < 4.78 is 28.8. The van der Waals surface area contributed by atoms with E-state index in [4.69, 9.17) is 23.2 Å². The number of carbonyl (C=O) groups is 2. The summed E-state index contributed by atoms with van der Waals surface area (Å²) in [5.41, 5.74) is 1.66. The van der Waals surface area contributed by atoms with E-state index < -0.39 is 28.5 Å². The van der Waals surface area contributed by atoms with Crippen molar-refractivity contribution < 1.29 is 18.0 Å². The average molecular weight is 591 g/mol. The SMILES string of the molecule is CC[C@H](C(=O)NC(C)C)N(Cc1ccc(Cl)cc1)C(=O)CN(c1cc(Cl)ccc1C)S(=O)(=O)c1ccccc1. The van der Waals surface area contributed by atoms with Gasteiger partial charge in [-0.05, 0) is 74.7 Å². The van der Waals surface area contributed by atoms with E-state index in [0.29, 0.717) is 22.0 Å². The minimum atomic E-state index is -4.16. The van der Waals surface area contributed by atoms with E-state index in [1.54, 1.807) is 61.5 Å². The van der Waals surface area contributed by atoms with Crippen LogP contribution in [0.5, 0.6) is 0 Å². The molecule has 3 rings (SSSR count). The predicted molar refractivity (Wildman–Crippen MR) is 157 cm³/mol. The third kappa shape index (κ3) is 7.75. The van der Waals surface area contributed by atoms with Crippen molar-refractivity contribution in [3.8, 4) is 0 Å². The first-order valence-corrected chi connectivity index (χ1v) is 14.8. The number of nitrogens with one attached hydrogen (secondary N) is 1. The van der Waals surface area contributed by atoms with Gasteiger partial charge in [-0.3, -0.25) is 13.9 Å². The third-order valence-corrected chi connectivity index (χ3v) is 8.39. The minimum absolute atomic E-state index is 0.0334. The van der Waals surface area contributed by atoms with Crippen molar-refractivity contribution in [3.63, 3.8) is 0 Å². The van der Waals surface area contributed by atoms with Gasteiger partial charge in [0.2, 0.25) is 11.8 Å². The number of benzene rings is 3. The number of aryl methyl sites for hydroxylation is 1. The van der Waals surface area contributed by atoms with Crippen LogP contribution in [0.15, 0.2) is 77.7 Å². The van der Waals surface area contributed by atoms with E-state index in [1.807, 2.05) is 20.8 Å². The van der Waals surface area contributed by atoms with Gasteiger partial charge in [0, 0.05) is 22.6 Å².